The van der Waals surface area contributed by atoms with Crippen LogP contribution in [0.5, 0.6) is 0 Å². The summed E-state index contributed by atoms with van der Waals surface area (Å²) in [5.74, 6) is -0.0339. The number of hydrogen-bond acceptors (Lipinski definition) is 7. The highest BCUT2D eigenvalue weighted by Gasteiger charge is 2.36. The summed E-state index contributed by atoms with van der Waals surface area (Å²) < 4.78 is 7.40. The molecule has 1 aliphatic heterocycles. The number of fused-ring (bicyclic) bond motifs is 1. The Morgan fingerprint density at radius 3 is 2.95 bits per heavy atom. The minimum atomic E-state index is -0.798. The van der Waals surface area contributed by atoms with Gasteiger partial charge in [0.2, 0.25) is 5.95 Å². The maximum absolute atomic E-state index is 11.8. The van der Waals surface area contributed by atoms with Crippen molar-refractivity contribution in [2.45, 2.75) is 24.9 Å². The molecule has 3 rings (SSSR count). The van der Waals surface area contributed by atoms with Gasteiger partial charge in [-0.05, 0) is 15.9 Å². The zero-order valence-corrected chi connectivity index (χ0v) is 11.7. The first kappa shape index (κ1) is 13.5. The fraction of sp³-hybridized carbons (Fsp3) is 0.500. The second kappa shape index (κ2) is 4.81. The summed E-state index contributed by atoms with van der Waals surface area (Å²) in [7, 11) is 0. The average molecular weight is 346 g/mol. The van der Waals surface area contributed by atoms with Gasteiger partial charge in [-0.2, -0.15) is 4.98 Å². The maximum atomic E-state index is 11.8. The van der Waals surface area contributed by atoms with Gasteiger partial charge < -0.3 is 20.7 Å². The highest BCUT2D eigenvalue weighted by atomic mass is 79.9. The molecule has 2 aromatic heterocycles. The lowest BCUT2D eigenvalue weighted by atomic mass is 10.2. The predicted octanol–water partition coefficient (Wildman–Crippen LogP) is -0.895. The van der Waals surface area contributed by atoms with E-state index in [1.165, 1.54) is 4.57 Å². The number of anilines is 1. The first-order chi connectivity index (χ1) is 9.51. The molecule has 1 fully saturated rings. The topological polar surface area (TPSA) is 139 Å². The van der Waals surface area contributed by atoms with Crippen molar-refractivity contribution in [3.63, 3.8) is 0 Å². The summed E-state index contributed by atoms with van der Waals surface area (Å²) in [5.41, 5.74) is 5.45. The number of aromatic amines is 1. The standard InChI is InChI=1S/C10H12BrN5O4/c11-9-13-6-7(14-10(12)15-8(6)19)16(9)5-1-3(18)4(2-17)20-5/h3-5,17-18H,1-2H2,(H3,12,14,15,19)/t3-,4-,5+/m1/s1. The van der Waals surface area contributed by atoms with E-state index in [0.29, 0.717) is 4.73 Å². The molecule has 0 spiro atoms. The molecule has 3 atom stereocenters. The largest absolute Gasteiger partial charge is 0.394 e. The molecule has 2 aromatic rings. The molecule has 20 heavy (non-hydrogen) atoms. The molecule has 1 aliphatic rings. The monoisotopic (exact) mass is 345 g/mol. The average Bonchev–Trinajstić information content (AvgIpc) is 2.89. The second-order valence-corrected chi connectivity index (χ2v) is 5.20. The molecule has 0 aliphatic carbocycles. The highest BCUT2D eigenvalue weighted by Crippen LogP contribution is 2.33. The lowest BCUT2D eigenvalue weighted by Crippen LogP contribution is -2.24. The minimum absolute atomic E-state index is 0.0339. The van der Waals surface area contributed by atoms with Crippen molar-refractivity contribution in [1.82, 2.24) is 19.5 Å². The van der Waals surface area contributed by atoms with E-state index in [1.54, 1.807) is 0 Å². The Bertz CT molecular complexity index is 713. The zero-order chi connectivity index (χ0) is 14.4. The van der Waals surface area contributed by atoms with Gasteiger partial charge in [0.1, 0.15) is 12.3 Å². The summed E-state index contributed by atoms with van der Waals surface area (Å²) >= 11 is 3.23. The predicted molar refractivity (Wildman–Crippen MR) is 71.9 cm³/mol. The van der Waals surface area contributed by atoms with Crippen molar-refractivity contribution in [3.8, 4) is 0 Å². The van der Waals surface area contributed by atoms with E-state index in [9.17, 15) is 9.90 Å². The van der Waals surface area contributed by atoms with E-state index in [0.717, 1.165) is 0 Å². The van der Waals surface area contributed by atoms with E-state index in [2.05, 4.69) is 30.9 Å². The number of nitrogens with zero attached hydrogens (tertiary/aromatic N) is 3. The summed E-state index contributed by atoms with van der Waals surface area (Å²) in [6, 6.07) is 0. The van der Waals surface area contributed by atoms with Crippen molar-refractivity contribution in [2.75, 3.05) is 12.3 Å². The first-order valence-electron chi connectivity index (χ1n) is 5.89. The van der Waals surface area contributed by atoms with Gasteiger partial charge in [0.05, 0.1) is 12.7 Å². The van der Waals surface area contributed by atoms with E-state index in [-0.39, 0.29) is 30.1 Å². The molecule has 0 bridgehead atoms. The van der Waals surface area contributed by atoms with Crippen molar-refractivity contribution < 1.29 is 14.9 Å². The van der Waals surface area contributed by atoms with Crippen LogP contribution >= 0.6 is 15.9 Å². The summed E-state index contributed by atoms with van der Waals surface area (Å²) in [4.78, 5) is 22.2. The van der Waals surface area contributed by atoms with Gasteiger partial charge in [-0.15, -0.1) is 0 Å². The number of nitrogen functional groups attached to an aromatic ring is 1. The number of ether oxygens (including phenoxy) is 1. The molecule has 10 heteroatoms. The second-order valence-electron chi connectivity index (χ2n) is 4.49. The van der Waals surface area contributed by atoms with E-state index in [1.807, 2.05) is 0 Å². The fourth-order valence-electron chi connectivity index (χ4n) is 2.27. The van der Waals surface area contributed by atoms with Gasteiger partial charge in [-0.25, -0.2) is 4.98 Å². The van der Waals surface area contributed by atoms with Crippen LogP contribution in [0.3, 0.4) is 0 Å². The maximum Gasteiger partial charge on any atom is 0.280 e. The normalized spacial score (nSPS) is 26.4. The number of imidazole rings is 1. The van der Waals surface area contributed by atoms with Crippen molar-refractivity contribution >= 4 is 33.0 Å². The van der Waals surface area contributed by atoms with Crippen LogP contribution in [0, 0.1) is 0 Å². The Labute approximate surface area is 120 Å². The van der Waals surface area contributed by atoms with E-state index >= 15 is 0 Å². The smallest absolute Gasteiger partial charge is 0.280 e. The van der Waals surface area contributed by atoms with Crippen LogP contribution in [-0.4, -0.2) is 48.5 Å². The number of nitrogens with two attached hydrogens (primary N) is 1. The quantitative estimate of drug-likeness (QED) is 0.517. The number of aliphatic hydroxyl groups excluding tert-OH is 2. The number of aliphatic hydroxyl groups is 2. The Hall–Kier alpha value is -1.49. The van der Waals surface area contributed by atoms with Crippen LogP contribution in [0.2, 0.25) is 0 Å². The molecule has 0 aromatic carbocycles. The molecular formula is C10H12BrN5O4. The fourth-order valence-corrected chi connectivity index (χ4v) is 2.84. The molecule has 0 saturated carbocycles. The third kappa shape index (κ3) is 2.00. The van der Waals surface area contributed by atoms with Crippen LogP contribution < -0.4 is 11.3 Å². The molecule has 9 nitrogen and oxygen atoms in total. The van der Waals surface area contributed by atoms with Gasteiger partial charge in [-0.3, -0.25) is 14.3 Å². The molecule has 0 radical (unpaired) electrons. The van der Waals surface area contributed by atoms with Gasteiger partial charge in [0, 0.05) is 6.42 Å². The van der Waals surface area contributed by atoms with Gasteiger partial charge in [0.15, 0.2) is 15.9 Å². The summed E-state index contributed by atoms with van der Waals surface area (Å²) in [5, 5.41) is 18.9. The summed E-state index contributed by atoms with van der Waals surface area (Å²) in [6.07, 6.45) is -1.81. The van der Waals surface area contributed by atoms with Crippen molar-refractivity contribution in [3.05, 3.63) is 15.1 Å². The Morgan fingerprint density at radius 2 is 2.30 bits per heavy atom. The molecule has 3 heterocycles. The number of rotatable bonds is 2. The molecule has 0 amide bonds. The molecule has 5 N–H and O–H groups in total. The van der Waals surface area contributed by atoms with Gasteiger partial charge in [-0.1, -0.05) is 0 Å². The van der Waals surface area contributed by atoms with Crippen LogP contribution in [0.15, 0.2) is 9.53 Å². The number of aromatic nitrogens is 4. The van der Waals surface area contributed by atoms with Gasteiger partial charge >= 0.3 is 0 Å². The van der Waals surface area contributed by atoms with E-state index < -0.39 is 24.0 Å². The summed E-state index contributed by atoms with van der Waals surface area (Å²) in [6.45, 7) is -0.294. The zero-order valence-electron chi connectivity index (χ0n) is 10.2. The molecular weight excluding hydrogens is 334 g/mol. The Kier molecular flexibility index (Phi) is 3.24. The number of nitrogens with one attached hydrogen (secondary N) is 1. The van der Waals surface area contributed by atoms with Crippen molar-refractivity contribution in [2.24, 2.45) is 0 Å². The number of halogens is 1. The SMILES string of the molecule is Nc1nc2c(nc(Br)n2[C@@H]2C[C@@H](O)[C@@H](CO)O2)c(=O)[nH]1. The van der Waals surface area contributed by atoms with Crippen LogP contribution in [-0.2, 0) is 4.74 Å². The van der Waals surface area contributed by atoms with Gasteiger partial charge in [0.25, 0.3) is 5.56 Å². The molecule has 0 unspecified atom stereocenters. The minimum Gasteiger partial charge on any atom is -0.394 e. The Morgan fingerprint density at radius 1 is 1.55 bits per heavy atom. The van der Waals surface area contributed by atoms with Crippen molar-refractivity contribution in [1.29, 1.82) is 0 Å². The third-order valence-corrected chi connectivity index (χ3v) is 3.76. The molecule has 108 valence electrons. The van der Waals surface area contributed by atoms with Crippen LogP contribution in [0.4, 0.5) is 5.95 Å². The highest BCUT2D eigenvalue weighted by molar-refractivity contribution is 9.10. The first-order valence-corrected chi connectivity index (χ1v) is 6.68. The third-order valence-electron chi connectivity index (χ3n) is 3.20. The molecule has 1 saturated heterocycles. The Balaban J connectivity index is 2.13. The van der Waals surface area contributed by atoms with Crippen LogP contribution in [0.25, 0.3) is 11.2 Å². The number of hydrogen-bond donors (Lipinski definition) is 4. The number of H-pyrrole nitrogens is 1. The van der Waals surface area contributed by atoms with Crippen LogP contribution in [0.1, 0.15) is 12.6 Å². The lowest BCUT2D eigenvalue weighted by Gasteiger charge is -2.14. The van der Waals surface area contributed by atoms with E-state index in [4.69, 9.17) is 15.6 Å². The lowest BCUT2D eigenvalue weighted by molar-refractivity contribution is -0.0439.